The Morgan fingerprint density at radius 3 is 2.28 bits per heavy atom. The molecule has 2 aliphatic heterocycles. The van der Waals surface area contributed by atoms with Crippen LogP contribution in [0, 0.1) is 5.92 Å². The van der Waals surface area contributed by atoms with Crippen LogP contribution in [0.15, 0.2) is 69.0 Å². The third-order valence-electron chi connectivity index (χ3n) is 5.33. The Labute approximate surface area is 185 Å². The van der Waals surface area contributed by atoms with E-state index in [1.54, 1.807) is 35.5 Å². The molecule has 0 radical (unpaired) electrons. The van der Waals surface area contributed by atoms with Crippen LogP contribution < -0.4 is 0 Å². The minimum Gasteiger partial charge on any atom is -0.273 e. The van der Waals surface area contributed by atoms with E-state index in [4.69, 9.17) is 5.10 Å². The second-order valence-electron chi connectivity index (χ2n) is 7.13. The van der Waals surface area contributed by atoms with Gasteiger partial charge in [0.1, 0.15) is 0 Å². The van der Waals surface area contributed by atoms with Gasteiger partial charge in [0.05, 0.1) is 11.8 Å². The number of nitrogens with zero attached hydrogens (tertiary/aromatic N) is 2. The molecule has 0 spiro atoms. The monoisotopic (exact) mass is 440 g/mol. The van der Waals surface area contributed by atoms with Crippen LogP contribution in [0.4, 0.5) is 0 Å². The third-order valence-corrected chi connectivity index (χ3v) is 7.93. The summed E-state index contributed by atoms with van der Waals surface area (Å²) < 4.78 is 0. The van der Waals surface area contributed by atoms with Gasteiger partial charge in [-0.3, -0.25) is 4.79 Å². The van der Waals surface area contributed by atoms with E-state index in [-0.39, 0.29) is 17.9 Å². The Hall–Kier alpha value is -1.63. The Morgan fingerprint density at radius 2 is 1.69 bits per heavy atom. The SMILES string of the molecule is CSc1ccc(/C=C2\CSCC3C2=NN(C(C)=O)C3c2ccc(SC)cc2)cc1. The first-order valence-corrected chi connectivity index (χ1v) is 13.2. The number of hydrogen-bond donors (Lipinski definition) is 0. The second kappa shape index (κ2) is 9.02. The van der Waals surface area contributed by atoms with Gasteiger partial charge in [0.25, 0.3) is 0 Å². The lowest BCUT2D eigenvalue weighted by atomic mass is 9.87. The van der Waals surface area contributed by atoms with Gasteiger partial charge in [-0.1, -0.05) is 24.3 Å². The van der Waals surface area contributed by atoms with Crippen LogP contribution in [0.2, 0.25) is 0 Å². The first kappa shape index (κ1) is 20.6. The van der Waals surface area contributed by atoms with Gasteiger partial charge in [-0.25, -0.2) is 5.01 Å². The summed E-state index contributed by atoms with van der Waals surface area (Å²) in [7, 11) is 0. The summed E-state index contributed by atoms with van der Waals surface area (Å²) >= 11 is 5.41. The van der Waals surface area contributed by atoms with Gasteiger partial charge in [-0.15, -0.1) is 23.5 Å². The van der Waals surface area contributed by atoms with E-state index in [2.05, 4.69) is 67.1 Å². The van der Waals surface area contributed by atoms with E-state index >= 15 is 0 Å². The molecule has 0 aliphatic carbocycles. The molecule has 29 heavy (non-hydrogen) atoms. The Bertz CT molecular complexity index is 951. The molecule has 1 saturated heterocycles. The van der Waals surface area contributed by atoms with Crippen molar-refractivity contribution in [3.8, 4) is 0 Å². The highest BCUT2D eigenvalue weighted by atomic mass is 32.2. The Morgan fingerprint density at radius 1 is 1.07 bits per heavy atom. The van der Waals surface area contributed by atoms with Crippen molar-refractivity contribution >= 4 is 53.0 Å². The zero-order valence-electron chi connectivity index (χ0n) is 16.8. The summed E-state index contributed by atoms with van der Waals surface area (Å²) in [6, 6.07) is 17.2. The highest BCUT2D eigenvalue weighted by molar-refractivity contribution is 7.99. The quantitative estimate of drug-likeness (QED) is 0.560. The van der Waals surface area contributed by atoms with Crippen LogP contribution in [0.5, 0.6) is 0 Å². The maximum Gasteiger partial charge on any atom is 0.240 e. The van der Waals surface area contributed by atoms with Crippen molar-refractivity contribution in [2.45, 2.75) is 22.8 Å². The van der Waals surface area contributed by atoms with E-state index in [0.29, 0.717) is 0 Å². The zero-order chi connectivity index (χ0) is 20.4. The average molecular weight is 441 g/mol. The fraction of sp³-hybridized carbons (Fsp3) is 0.304. The number of benzene rings is 2. The molecule has 3 nitrogen and oxygen atoms in total. The summed E-state index contributed by atoms with van der Waals surface area (Å²) in [6.45, 7) is 1.61. The van der Waals surface area contributed by atoms with Crippen molar-refractivity contribution in [1.82, 2.24) is 5.01 Å². The van der Waals surface area contributed by atoms with Crippen molar-refractivity contribution in [2.24, 2.45) is 11.0 Å². The molecule has 6 heteroatoms. The van der Waals surface area contributed by atoms with Crippen molar-refractivity contribution in [1.29, 1.82) is 0 Å². The normalized spacial score (nSPS) is 22.5. The molecular weight excluding hydrogens is 416 g/mol. The number of carbonyl (C=O) groups is 1. The van der Waals surface area contributed by atoms with Gasteiger partial charge in [0.15, 0.2) is 0 Å². The Kier molecular flexibility index (Phi) is 6.42. The van der Waals surface area contributed by atoms with Crippen LogP contribution in [0.1, 0.15) is 24.1 Å². The van der Waals surface area contributed by atoms with Crippen molar-refractivity contribution < 1.29 is 4.79 Å². The summed E-state index contributed by atoms with van der Waals surface area (Å²) in [6.07, 6.45) is 6.40. The summed E-state index contributed by atoms with van der Waals surface area (Å²) in [5, 5.41) is 6.53. The number of hydrazone groups is 1. The van der Waals surface area contributed by atoms with Gasteiger partial charge in [-0.05, 0) is 59.6 Å². The van der Waals surface area contributed by atoms with Crippen molar-refractivity contribution in [3.05, 3.63) is 65.2 Å². The minimum absolute atomic E-state index is 0.000448. The van der Waals surface area contributed by atoms with Crippen LogP contribution in [-0.4, -0.2) is 40.6 Å². The van der Waals surface area contributed by atoms with Crippen molar-refractivity contribution in [3.63, 3.8) is 0 Å². The third kappa shape index (κ3) is 4.30. The smallest absolute Gasteiger partial charge is 0.240 e. The molecular formula is C23H24N2OS3. The molecule has 2 aliphatic rings. The topological polar surface area (TPSA) is 32.7 Å². The van der Waals surface area contributed by atoms with Crippen LogP contribution in [0.25, 0.3) is 6.08 Å². The number of hydrogen-bond acceptors (Lipinski definition) is 5. The predicted molar refractivity (Wildman–Crippen MR) is 128 cm³/mol. The molecule has 2 heterocycles. The maximum absolute atomic E-state index is 12.4. The van der Waals surface area contributed by atoms with Gasteiger partial charge in [0, 0.05) is 34.1 Å². The fourth-order valence-corrected chi connectivity index (χ4v) is 5.85. The highest BCUT2D eigenvalue weighted by Crippen LogP contribution is 2.43. The molecule has 4 rings (SSSR count). The molecule has 2 atom stereocenters. The number of rotatable bonds is 4. The molecule has 1 fully saturated rings. The van der Waals surface area contributed by atoms with Crippen LogP contribution >= 0.6 is 35.3 Å². The summed E-state index contributed by atoms with van der Waals surface area (Å²) in [4.78, 5) is 14.9. The molecule has 2 aromatic carbocycles. The number of carbonyl (C=O) groups excluding carboxylic acids is 1. The van der Waals surface area contributed by atoms with E-state index in [0.717, 1.165) is 22.8 Å². The standard InChI is InChI=1S/C23H24N2OS3/c1-15(26)25-23(17-6-10-20(28-3)11-7-17)21-14-29-13-18(22(21)24-25)12-16-4-8-19(27-2)9-5-16/h4-12,21,23H,13-14H2,1-3H3/b18-12+. The maximum atomic E-state index is 12.4. The van der Waals surface area contributed by atoms with E-state index in [9.17, 15) is 4.79 Å². The minimum atomic E-state index is -0.0199. The second-order valence-corrected chi connectivity index (χ2v) is 9.92. The molecule has 2 unspecified atom stereocenters. The highest BCUT2D eigenvalue weighted by Gasteiger charge is 2.43. The first-order valence-electron chi connectivity index (χ1n) is 9.55. The van der Waals surface area contributed by atoms with E-state index in [1.807, 2.05) is 11.8 Å². The van der Waals surface area contributed by atoms with E-state index in [1.165, 1.54) is 20.9 Å². The van der Waals surface area contributed by atoms with Gasteiger partial charge >= 0.3 is 0 Å². The lowest BCUT2D eigenvalue weighted by molar-refractivity contribution is -0.131. The average Bonchev–Trinajstić information content (AvgIpc) is 3.15. The first-order chi connectivity index (χ1) is 14.1. The summed E-state index contributed by atoms with van der Waals surface area (Å²) in [5.41, 5.74) is 4.65. The van der Waals surface area contributed by atoms with Crippen molar-refractivity contribution in [2.75, 3.05) is 24.0 Å². The lowest BCUT2D eigenvalue weighted by Gasteiger charge is -2.29. The largest absolute Gasteiger partial charge is 0.273 e. The molecule has 2 aromatic rings. The molecule has 150 valence electrons. The molecule has 1 amide bonds. The fourth-order valence-electron chi connectivity index (χ4n) is 3.87. The number of amides is 1. The predicted octanol–water partition coefficient (Wildman–Crippen LogP) is 5.84. The van der Waals surface area contributed by atoms with Gasteiger partial charge < -0.3 is 0 Å². The number of thioether (sulfide) groups is 3. The van der Waals surface area contributed by atoms with Crippen LogP contribution in [0.3, 0.4) is 0 Å². The zero-order valence-corrected chi connectivity index (χ0v) is 19.2. The summed E-state index contributed by atoms with van der Waals surface area (Å²) in [5.74, 6) is 2.15. The number of fused-ring (bicyclic) bond motifs is 1. The molecule has 0 saturated carbocycles. The van der Waals surface area contributed by atoms with Gasteiger partial charge in [-0.2, -0.15) is 16.9 Å². The van der Waals surface area contributed by atoms with Gasteiger partial charge in [0.2, 0.25) is 5.91 Å². The Balaban J connectivity index is 1.68. The molecule has 0 bridgehead atoms. The van der Waals surface area contributed by atoms with E-state index < -0.39 is 0 Å². The lowest BCUT2D eigenvalue weighted by Crippen LogP contribution is -2.32. The molecule has 0 N–H and O–H groups in total. The van der Waals surface area contributed by atoms with Crippen LogP contribution in [-0.2, 0) is 4.79 Å². The molecule has 0 aromatic heterocycles.